The van der Waals surface area contributed by atoms with Gasteiger partial charge in [0.05, 0.1) is 40.9 Å². The first-order valence-corrected chi connectivity index (χ1v) is 21.4. The first-order valence-electron chi connectivity index (χ1n) is 21.4. The molecule has 9 bridgehead atoms. The number of ether oxygens (including phenoxy) is 3. The van der Waals surface area contributed by atoms with E-state index in [2.05, 4.69) is 24.1 Å². The van der Waals surface area contributed by atoms with Crippen LogP contribution in [0.5, 0.6) is 0 Å². The highest BCUT2D eigenvalue weighted by Gasteiger charge is 2.78. The zero-order valence-corrected chi connectivity index (χ0v) is 33.2. The fourth-order valence-corrected chi connectivity index (χ4v) is 14.8. The van der Waals surface area contributed by atoms with Crippen LogP contribution in [0.1, 0.15) is 85.0 Å². The number of allylic oxidation sites excluding steroid dienone is 1. The summed E-state index contributed by atoms with van der Waals surface area (Å²) in [6.45, 7) is 7.24. The number of nitrogens with zero attached hydrogens (tertiary/aromatic N) is 1. The van der Waals surface area contributed by atoms with Gasteiger partial charge in [-0.3, -0.25) is 14.9 Å². The number of hydrogen-bond donors (Lipinski definition) is 6. The van der Waals surface area contributed by atoms with Crippen molar-refractivity contribution in [2.45, 2.75) is 138 Å². The van der Waals surface area contributed by atoms with Crippen molar-refractivity contribution in [2.24, 2.45) is 51.8 Å². The molecule has 3 saturated heterocycles. The molecule has 18 atom stereocenters. The van der Waals surface area contributed by atoms with Gasteiger partial charge in [-0.05, 0) is 99.2 Å². The van der Waals surface area contributed by atoms with Crippen molar-refractivity contribution in [3.05, 3.63) is 23.3 Å². The Balaban J connectivity index is 1.10. The molecule has 11 aliphatic rings. The molecule has 56 heavy (non-hydrogen) atoms. The fourth-order valence-electron chi connectivity index (χ4n) is 14.8. The summed E-state index contributed by atoms with van der Waals surface area (Å²) < 4.78 is 18.1. The third-order valence-electron chi connectivity index (χ3n) is 17.8. The van der Waals surface area contributed by atoms with E-state index in [1.807, 2.05) is 13.0 Å². The van der Waals surface area contributed by atoms with Gasteiger partial charge >= 0.3 is 0 Å². The predicted octanol–water partition coefficient (Wildman–Crippen LogP) is 1.61. The quantitative estimate of drug-likeness (QED) is 0.100. The molecule has 306 valence electrons. The summed E-state index contributed by atoms with van der Waals surface area (Å²) in [6, 6.07) is -0.857. The van der Waals surface area contributed by atoms with E-state index in [9.17, 15) is 30.3 Å². The minimum atomic E-state index is -1.79. The highest BCUT2D eigenvalue weighted by molar-refractivity contribution is 6.01. The number of hydrogen-bond acceptors (Lipinski definition) is 11. The van der Waals surface area contributed by atoms with E-state index in [1.54, 1.807) is 25.0 Å². The monoisotopic (exact) mass is 776 g/mol. The van der Waals surface area contributed by atoms with Gasteiger partial charge in [0, 0.05) is 69.0 Å². The Labute approximate surface area is 329 Å². The first-order chi connectivity index (χ1) is 26.6. The number of amides is 1. The summed E-state index contributed by atoms with van der Waals surface area (Å²) >= 11 is 0. The SMILES string of the molecule is COCCCO[C@H]1CC[C@@]2(C)[C@@H](C1)C(=O)C1=C3[C@@]24C#CC[C@H]2CN2C(=O)[C@@H]2N[C@]5(O)C=C[C@H]2[C@@H]2[C@@H](CO)[C@H](O[C@@H]25)[C@@H](O)[C@@](C)(O)[C@H]2C[C@@H](CC1)[C@]3(O)[C@]2(C)CC4. The van der Waals surface area contributed by atoms with Gasteiger partial charge in [-0.15, -0.1) is 5.92 Å². The van der Waals surface area contributed by atoms with Crippen molar-refractivity contribution >= 4 is 11.7 Å². The molecule has 0 aromatic heterocycles. The van der Waals surface area contributed by atoms with E-state index in [1.165, 1.54) is 0 Å². The van der Waals surface area contributed by atoms with Crippen molar-refractivity contribution in [3.8, 4) is 11.8 Å². The number of aliphatic hydroxyl groups excluding tert-OH is 2. The lowest BCUT2D eigenvalue weighted by molar-refractivity contribution is -0.214. The van der Waals surface area contributed by atoms with E-state index >= 15 is 4.79 Å². The number of ketones is 1. The molecule has 0 spiro atoms. The van der Waals surface area contributed by atoms with E-state index < -0.39 is 81.2 Å². The number of aliphatic hydroxyl groups is 5. The minimum absolute atomic E-state index is 0.0570. The van der Waals surface area contributed by atoms with Crippen LogP contribution < -0.4 is 5.32 Å². The van der Waals surface area contributed by atoms with E-state index in [0.29, 0.717) is 76.7 Å². The van der Waals surface area contributed by atoms with Crippen molar-refractivity contribution in [1.82, 2.24) is 10.2 Å². The van der Waals surface area contributed by atoms with Gasteiger partial charge in [0.25, 0.3) is 0 Å². The third-order valence-corrected chi connectivity index (χ3v) is 17.8. The molecule has 0 aromatic rings. The number of carbonyl (C=O) groups excluding carboxylic acids is 2. The fraction of sp³-hybridized carbons (Fsp3) is 0.818. The van der Waals surface area contributed by atoms with E-state index in [-0.39, 0.29) is 42.3 Å². The number of carbonyl (C=O) groups is 2. The molecular formula is C44H60N2O10. The zero-order valence-electron chi connectivity index (χ0n) is 33.2. The Bertz CT molecular complexity index is 1840. The van der Waals surface area contributed by atoms with Crippen molar-refractivity contribution < 1.29 is 49.3 Å². The van der Waals surface area contributed by atoms with Crippen LogP contribution in [-0.2, 0) is 23.8 Å². The lowest BCUT2D eigenvalue weighted by Gasteiger charge is -2.67. The first kappa shape index (κ1) is 38.0. The third kappa shape index (κ3) is 4.64. The Kier molecular flexibility index (Phi) is 8.45. The van der Waals surface area contributed by atoms with E-state index in [0.717, 1.165) is 18.4 Å². The summed E-state index contributed by atoms with van der Waals surface area (Å²) in [5.74, 6) is 4.62. The Morgan fingerprint density at radius 2 is 1.86 bits per heavy atom. The second-order valence-corrected chi connectivity index (χ2v) is 20.1. The van der Waals surface area contributed by atoms with Crippen LogP contribution in [0.2, 0.25) is 0 Å². The largest absolute Gasteiger partial charge is 0.396 e. The van der Waals surface area contributed by atoms with Crippen LogP contribution in [-0.4, -0.2) is 129 Å². The average molecular weight is 777 g/mol. The van der Waals surface area contributed by atoms with Crippen LogP contribution in [0.25, 0.3) is 0 Å². The lowest BCUT2D eigenvalue weighted by Crippen LogP contribution is -2.71. The molecule has 0 aromatic carbocycles. The standard InChI is InChI=1S/C44H60N2O10/c1-39-13-10-25(55-18-6-17-54-4)20-29(39)33(48)27-9-8-23-19-30-40(2)15-16-42(39,35(27)44(23,40)53)12-5-7-24-21-46(24)38(50)32-26-11-14-43(52,45-32)37-31(26)28(22-47)34(56-37)36(49)41(30,3)51/h11,14,23-26,28-32,34,36-37,45,47,49,51-53H,6-10,13,15-22H2,1-4H3/t23-,24+,25+,26+,28-,29+,30+,31-,32-,34+,36-,37+,39+,40-,41+,42+,43+,44-,46?/m1/s1. The van der Waals surface area contributed by atoms with Gasteiger partial charge < -0.3 is 44.6 Å². The number of fused-ring (bicyclic) bond motifs is 3. The average Bonchev–Trinajstić information content (AvgIpc) is 3.75. The van der Waals surface area contributed by atoms with Gasteiger partial charge in [0.1, 0.15) is 12.2 Å². The highest BCUT2D eigenvalue weighted by atomic mass is 16.5. The molecule has 6 N–H and O–H groups in total. The summed E-state index contributed by atoms with van der Waals surface area (Å²) in [7, 11) is 1.68. The Morgan fingerprint density at radius 3 is 2.62 bits per heavy atom. The van der Waals surface area contributed by atoms with Crippen LogP contribution in [0.4, 0.5) is 0 Å². The van der Waals surface area contributed by atoms with Crippen LogP contribution in [0, 0.1) is 63.6 Å². The normalized spacial score (nSPS) is 54.8. The van der Waals surface area contributed by atoms with Gasteiger partial charge in [-0.2, -0.15) is 0 Å². The van der Waals surface area contributed by atoms with Crippen LogP contribution >= 0.6 is 0 Å². The number of rotatable bonds is 6. The minimum Gasteiger partial charge on any atom is -0.396 e. The molecule has 6 fully saturated rings. The second kappa shape index (κ2) is 12.4. The molecule has 11 rings (SSSR count). The van der Waals surface area contributed by atoms with Gasteiger partial charge in [0.15, 0.2) is 11.5 Å². The van der Waals surface area contributed by atoms with Crippen molar-refractivity contribution in [2.75, 3.05) is 33.5 Å². The maximum absolute atomic E-state index is 15.0. The molecule has 5 aliphatic heterocycles. The molecule has 12 heteroatoms. The number of Topliss-reactive ketones (excluding diaryl/α,β-unsaturated/α-hetero) is 1. The molecule has 1 amide bonds. The number of nitrogens with one attached hydrogen (secondary N) is 1. The number of piperidine rings is 1. The summed E-state index contributed by atoms with van der Waals surface area (Å²) in [5.41, 5.74) is -5.79. The molecule has 3 saturated carbocycles. The Hall–Kier alpha value is -2.18. The summed E-state index contributed by atoms with van der Waals surface area (Å²) in [4.78, 5) is 31.0. The molecule has 0 unspecified atom stereocenters. The van der Waals surface area contributed by atoms with Crippen LogP contribution in [0.3, 0.4) is 0 Å². The predicted molar refractivity (Wildman–Crippen MR) is 201 cm³/mol. The van der Waals surface area contributed by atoms with Crippen molar-refractivity contribution in [1.29, 1.82) is 0 Å². The molecule has 6 aliphatic carbocycles. The maximum Gasteiger partial charge on any atom is 0.240 e. The smallest absolute Gasteiger partial charge is 0.240 e. The van der Waals surface area contributed by atoms with Gasteiger partial charge in [-0.25, -0.2) is 0 Å². The molecule has 5 heterocycles. The topological polar surface area (TPSA) is 178 Å². The number of methoxy groups -OCH3 is 1. The van der Waals surface area contributed by atoms with E-state index in [4.69, 9.17) is 14.2 Å². The Morgan fingerprint density at radius 1 is 1.05 bits per heavy atom. The highest BCUT2D eigenvalue weighted by Crippen LogP contribution is 2.77. The van der Waals surface area contributed by atoms with Gasteiger partial charge in [0.2, 0.25) is 5.91 Å². The van der Waals surface area contributed by atoms with Gasteiger partial charge in [-0.1, -0.05) is 25.8 Å². The molecular weight excluding hydrogens is 716 g/mol. The zero-order chi connectivity index (χ0) is 39.4. The molecule has 12 nitrogen and oxygen atoms in total. The van der Waals surface area contributed by atoms with Crippen LogP contribution in [0.15, 0.2) is 23.3 Å². The molecule has 0 radical (unpaired) electrons. The second-order valence-electron chi connectivity index (χ2n) is 20.1. The summed E-state index contributed by atoms with van der Waals surface area (Å²) in [5, 5.41) is 65.1. The summed E-state index contributed by atoms with van der Waals surface area (Å²) in [6.07, 6.45) is 6.01. The maximum atomic E-state index is 15.0. The van der Waals surface area contributed by atoms with Crippen molar-refractivity contribution in [3.63, 3.8) is 0 Å². The lowest BCUT2D eigenvalue weighted by atomic mass is 9.37.